The molecule has 0 radical (unpaired) electrons. The average Bonchev–Trinajstić information content (AvgIpc) is 3.80. The number of imidazole rings is 1. The van der Waals surface area contributed by atoms with Crippen molar-refractivity contribution in [2.45, 2.75) is 31.7 Å². The number of aromatic nitrogens is 4. The SMILES string of the molecule is CNC(=O)Oc1cc(F)c2nc(-c3ccc4ccccc4c3)n(-c3ccnc(N[C@H]4CCCN(C(=O)C5CC5)C4)n3)c2c1. The van der Waals surface area contributed by atoms with Gasteiger partial charge in [0.05, 0.1) is 5.52 Å². The second kappa shape index (κ2) is 11.0. The highest BCUT2D eigenvalue weighted by molar-refractivity contribution is 5.90. The molecule has 3 heterocycles. The van der Waals surface area contributed by atoms with Crippen LogP contribution in [0.1, 0.15) is 25.7 Å². The van der Waals surface area contributed by atoms with E-state index >= 15 is 4.39 Å². The molecule has 0 bridgehead atoms. The summed E-state index contributed by atoms with van der Waals surface area (Å²) in [6, 6.07) is 18.4. The van der Waals surface area contributed by atoms with E-state index in [1.165, 1.54) is 7.05 Å². The fourth-order valence-electron chi connectivity index (χ4n) is 5.69. The topological polar surface area (TPSA) is 114 Å². The number of nitrogens with one attached hydrogen (secondary N) is 2. The normalized spacial score (nSPS) is 16.8. The van der Waals surface area contributed by atoms with Gasteiger partial charge in [0.2, 0.25) is 11.9 Å². The summed E-state index contributed by atoms with van der Waals surface area (Å²) in [4.78, 5) is 40.6. The fourth-order valence-corrected chi connectivity index (χ4v) is 5.69. The number of carbonyl (C=O) groups excluding carboxylic acids is 2. The molecule has 1 saturated heterocycles. The standard InChI is InChI=1S/C32H30FN7O3/c1-34-32(42)43-24-16-25(33)28-26(17-24)40(29(38-28)22-11-8-19-5-2-3-6-21(19)15-22)27-12-13-35-31(37-27)36-23-7-4-14-39(18-23)30(41)20-9-10-20/h2-3,5-6,8,11-13,15-17,20,23H,4,7,9-10,14,18H2,1H3,(H,34,42)(H,35,36,37)/t23-/m0/s1. The number of rotatable bonds is 6. The van der Waals surface area contributed by atoms with Crippen LogP contribution in [-0.2, 0) is 4.79 Å². The molecule has 5 aromatic rings. The number of nitrogens with zero attached hydrogens (tertiary/aromatic N) is 5. The Bertz CT molecular complexity index is 1870. The van der Waals surface area contributed by atoms with Crippen LogP contribution in [0, 0.1) is 11.7 Å². The maximum atomic E-state index is 15.5. The Balaban J connectivity index is 1.30. The highest BCUT2D eigenvalue weighted by Gasteiger charge is 2.35. The van der Waals surface area contributed by atoms with Gasteiger partial charge in [-0.3, -0.25) is 9.36 Å². The lowest BCUT2D eigenvalue weighted by Gasteiger charge is -2.33. The third-order valence-corrected chi connectivity index (χ3v) is 7.97. The number of piperidine rings is 1. The molecule has 0 spiro atoms. The molecule has 2 aromatic heterocycles. The summed E-state index contributed by atoms with van der Waals surface area (Å²) < 4.78 is 22.5. The first-order valence-electron chi connectivity index (χ1n) is 14.5. The van der Waals surface area contributed by atoms with Crippen LogP contribution in [0.4, 0.5) is 15.1 Å². The summed E-state index contributed by atoms with van der Waals surface area (Å²) in [7, 11) is 1.43. The van der Waals surface area contributed by atoms with Gasteiger partial charge in [-0.05, 0) is 48.6 Å². The molecule has 10 nitrogen and oxygen atoms in total. The molecule has 2 amide bonds. The van der Waals surface area contributed by atoms with Gasteiger partial charge < -0.3 is 20.3 Å². The fraction of sp³-hybridized carbons (Fsp3) is 0.281. The van der Waals surface area contributed by atoms with Crippen LogP contribution in [0.15, 0.2) is 66.9 Å². The van der Waals surface area contributed by atoms with E-state index in [1.807, 2.05) is 47.4 Å². The zero-order valence-corrected chi connectivity index (χ0v) is 23.6. The summed E-state index contributed by atoms with van der Waals surface area (Å²) in [5.74, 6) is 1.15. The predicted octanol–water partition coefficient (Wildman–Crippen LogP) is 5.31. The third-order valence-electron chi connectivity index (χ3n) is 7.97. The largest absolute Gasteiger partial charge is 0.412 e. The van der Waals surface area contributed by atoms with Gasteiger partial charge in [-0.25, -0.2) is 19.2 Å². The van der Waals surface area contributed by atoms with Crippen molar-refractivity contribution in [3.05, 3.63) is 72.7 Å². The summed E-state index contributed by atoms with van der Waals surface area (Å²) in [6.45, 7) is 1.38. The van der Waals surface area contributed by atoms with Crippen molar-refractivity contribution < 1.29 is 18.7 Å². The molecule has 43 heavy (non-hydrogen) atoms. The van der Waals surface area contributed by atoms with E-state index in [2.05, 4.69) is 15.6 Å². The van der Waals surface area contributed by atoms with Gasteiger partial charge in [0.15, 0.2) is 5.82 Å². The zero-order chi connectivity index (χ0) is 29.5. The van der Waals surface area contributed by atoms with Gasteiger partial charge in [-0.1, -0.05) is 36.4 Å². The lowest BCUT2D eigenvalue weighted by Crippen LogP contribution is -2.45. The summed E-state index contributed by atoms with van der Waals surface area (Å²) >= 11 is 0. The highest BCUT2D eigenvalue weighted by Crippen LogP contribution is 2.34. The average molecular weight is 580 g/mol. The van der Waals surface area contributed by atoms with E-state index in [0.717, 1.165) is 54.6 Å². The molecule has 1 atom stereocenters. The monoisotopic (exact) mass is 579 g/mol. The van der Waals surface area contributed by atoms with Crippen molar-refractivity contribution in [1.29, 1.82) is 0 Å². The first-order valence-corrected chi connectivity index (χ1v) is 14.5. The Labute approximate surface area is 246 Å². The number of amides is 2. The number of anilines is 1. The molecule has 1 aliphatic heterocycles. The Kier molecular flexibility index (Phi) is 6.84. The Morgan fingerprint density at radius 2 is 1.84 bits per heavy atom. The third kappa shape index (κ3) is 5.33. The molecule has 7 rings (SSSR count). The molecule has 3 aromatic carbocycles. The maximum absolute atomic E-state index is 15.5. The van der Waals surface area contributed by atoms with Gasteiger partial charge in [0.1, 0.15) is 22.9 Å². The molecule has 11 heteroatoms. The highest BCUT2D eigenvalue weighted by atomic mass is 19.1. The van der Waals surface area contributed by atoms with Crippen LogP contribution in [0.25, 0.3) is 39.0 Å². The van der Waals surface area contributed by atoms with Crippen molar-refractivity contribution in [2.24, 2.45) is 5.92 Å². The molecule has 2 N–H and O–H groups in total. The minimum atomic E-state index is -0.713. The van der Waals surface area contributed by atoms with Crippen molar-refractivity contribution in [2.75, 3.05) is 25.5 Å². The van der Waals surface area contributed by atoms with Crippen molar-refractivity contribution >= 4 is 39.8 Å². The Hall–Kier alpha value is -5.06. The Morgan fingerprint density at radius 1 is 1.00 bits per heavy atom. The minimum absolute atomic E-state index is 0.0104. The van der Waals surface area contributed by atoms with Crippen molar-refractivity contribution in [3.8, 4) is 23.0 Å². The molecular weight excluding hydrogens is 549 g/mol. The number of likely N-dealkylation sites (tertiary alicyclic amines) is 1. The molecule has 218 valence electrons. The van der Waals surface area contributed by atoms with Crippen molar-refractivity contribution in [3.63, 3.8) is 0 Å². The number of fused-ring (bicyclic) bond motifs is 2. The van der Waals surface area contributed by atoms with E-state index in [0.29, 0.717) is 29.7 Å². The molecule has 2 aliphatic rings. The summed E-state index contributed by atoms with van der Waals surface area (Å²) in [6.07, 6.45) is 4.68. The maximum Gasteiger partial charge on any atom is 0.412 e. The van der Waals surface area contributed by atoms with Crippen LogP contribution < -0.4 is 15.4 Å². The quantitative estimate of drug-likeness (QED) is 0.280. The number of halogens is 1. The van der Waals surface area contributed by atoms with Gasteiger partial charge >= 0.3 is 6.09 Å². The first kappa shape index (κ1) is 26.8. The van der Waals surface area contributed by atoms with Crippen LogP contribution in [0.2, 0.25) is 0 Å². The summed E-state index contributed by atoms with van der Waals surface area (Å²) in [5.41, 5.74) is 1.25. The van der Waals surface area contributed by atoms with E-state index in [-0.39, 0.29) is 29.1 Å². The molecule has 1 aliphatic carbocycles. The lowest BCUT2D eigenvalue weighted by atomic mass is 10.1. The van der Waals surface area contributed by atoms with Crippen LogP contribution >= 0.6 is 0 Å². The van der Waals surface area contributed by atoms with Crippen LogP contribution in [-0.4, -0.2) is 62.6 Å². The van der Waals surface area contributed by atoms with E-state index in [4.69, 9.17) is 14.7 Å². The smallest absolute Gasteiger partial charge is 0.410 e. The lowest BCUT2D eigenvalue weighted by molar-refractivity contribution is -0.133. The molecular formula is C32H30FN7O3. The Morgan fingerprint density at radius 3 is 2.65 bits per heavy atom. The number of benzene rings is 3. The second-order valence-electron chi connectivity index (χ2n) is 11.0. The number of hydrogen-bond acceptors (Lipinski definition) is 7. The number of ether oxygens (including phenoxy) is 1. The van der Waals surface area contributed by atoms with Crippen LogP contribution in [0.5, 0.6) is 5.75 Å². The predicted molar refractivity (Wildman–Crippen MR) is 161 cm³/mol. The van der Waals surface area contributed by atoms with Crippen LogP contribution in [0.3, 0.4) is 0 Å². The second-order valence-corrected chi connectivity index (χ2v) is 11.0. The van der Waals surface area contributed by atoms with Crippen molar-refractivity contribution in [1.82, 2.24) is 29.7 Å². The van der Waals surface area contributed by atoms with Gasteiger partial charge in [0.25, 0.3) is 0 Å². The molecule has 2 fully saturated rings. The summed E-state index contributed by atoms with van der Waals surface area (Å²) in [5, 5.41) is 7.87. The first-order chi connectivity index (χ1) is 21.0. The van der Waals surface area contributed by atoms with Gasteiger partial charge in [0, 0.05) is 56.0 Å². The number of carbonyl (C=O) groups is 2. The molecule has 0 unspecified atom stereocenters. The van der Waals surface area contributed by atoms with Gasteiger partial charge in [-0.2, -0.15) is 4.98 Å². The number of hydrogen-bond donors (Lipinski definition) is 2. The minimum Gasteiger partial charge on any atom is -0.410 e. The zero-order valence-electron chi connectivity index (χ0n) is 23.6. The van der Waals surface area contributed by atoms with E-state index < -0.39 is 11.9 Å². The van der Waals surface area contributed by atoms with Gasteiger partial charge in [-0.15, -0.1) is 0 Å². The van der Waals surface area contributed by atoms with E-state index in [1.54, 1.807) is 22.9 Å². The van der Waals surface area contributed by atoms with E-state index in [9.17, 15) is 9.59 Å². The molecule has 1 saturated carbocycles.